The van der Waals surface area contributed by atoms with Crippen LogP contribution in [0.3, 0.4) is 0 Å². The highest BCUT2D eigenvalue weighted by molar-refractivity contribution is 7.15. The number of anilines is 1. The Kier molecular flexibility index (Phi) is 3.92. The fourth-order valence-electron chi connectivity index (χ4n) is 3.07. The van der Waals surface area contributed by atoms with Crippen molar-refractivity contribution in [3.63, 3.8) is 0 Å². The molecule has 1 aromatic carbocycles. The molecule has 0 aliphatic rings. The third-order valence-corrected chi connectivity index (χ3v) is 5.88. The monoisotopic (exact) mass is 383 g/mol. The highest BCUT2D eigenvalue weighted by Gasteiger charge is 2.22. The van der Waals surface area contributed by atoms with E-state index < -0.39 is 0 Å². The zero-order valence-corrected chi connectivity index (χ0v) is 16.0. The quantitative estimate of drug-likeness (QED) is 0.581. The van der Waals surface area contributed by atoms with Gasteiger partial charge < -0.3 is 5.32 Å². The van der Waals surface area contributed by atoms with Crippen LogP contribution in [0.1, 0.15) is 20.8 Å². The van der Waals surface area contributed by atoms with Gasteiger partial charge >= 0.3 is 5.69 Å². The second-order valence-electron chi connectivity index (χ2n) is 6.28. The van der Waals surface area contributed by atoms with Crippen molar-refractivity contribution in [1.29, 1.82) is 0 Å². The molecule has 138 valence electrons. The van der Waals surface area contributed by atoms with Crippen LogP contribution in [-0.4, -0.2) is 35.2 Å². The maximum absolute atomic E-state index is 13.0. The Morgan fingerprint density at radius 1 is 1.15 bits per heavy atom. The number of fused-ring (bicyclic) bond motifs is 1. The van der Waals surface area contributed by atoms with Gasteiger partial charge in [-0.1, -0.05) is 0 Å². The molecule has 10 heteroatoms. The summed E-state index contributed by atoms with van der Waals surface area (Å²) in [6, 6.07) is 5.39. The average Bonchev–Trinajstić information content (AvgIpc) is 3.32. The second kappa shape index (κ2) is 6.16. The van der Waals surface area contributed by atoms with E-state index >= 15 is 0 Å². The summed E-state index contributed by atoms with van der Waals surface area (Å²) in [5.41, 5.74) is 3.47. The predicted molar refractivity (Wildman–Crippen MR) is 103 cm³/mol. The zero-order chi connectivity index (χ0) is 19.3. The number of imidazole rings is 1. The summed E-state index contributed by atoms with van der Waals surface area (Å²) in [4.78, 5) is 26.1. The molecule has 1 amide bonds. The van der Waals surface area contributed by atoms with E-state index in [1.165, 1.54) is 22.3 Å². The lowest BCUT2D eigenvalue weighted by Gasteiger charge is -2.08. The number of rotatable bonds is 3. The number of benzene rings is 1. The van der Waals surface area contributed by atoms with Crippen LogP contribution < -0.4 is 11.0 Å². The Bertz CT molecular complexity index is 1230. The molecule has 1 N–H and O–H groups in total. The van der Waals surface area contributed by atoms with Crippen molar-refractivity contribution < 1.29 is 4.79 Å². The molecule has 0 radical (unpaired) electrons. The minimum atomic E-state index is -0.248. The van der Waals surface area contributed by atoms with Gasteiger partial charge in [-0.15, -0.1) is 16.4 Å². The summed E-state index contributed by atoms with van der Waals surface area (Å²) in [7, 11) is 3.43. The van der Waals surface area contributed by atoms with E-state index in [0.717, 1.165) is 21.5 Å². The lowest BCUT2D eigenvalue weighted by Crippen LogP contribution is -2.19. The van der Waals surface area contributed by atoms with E-state index in [4.69, 9.17) is 0 Å². The van der Waals surface area contributed by atoms with Crippen LogP contribution in [0.5, 0.6) is 0 Å². The van der Waals surface area contributed by atoms with Crippen molar-refractivity contribution in [2.75, 3.05) is 5.32 Å². The van der Waals surface area contributed by atoms with Crippen LogP contribution in [0.25, 0.3) is 16.0 Å². The molecule has 0 spiro atoms. The van der Waals surface area contributed by atoms with Gasteiger partial charge in [0.25, 0.3) is 5.91 Å². The molecule has 0 atom stereocenters. The first-order valence-corrected chi connectivity index (χ1v) is 9.00. The summed E-state index contributed by atoms with van der Waals surface area (Å²) >= 11 is 1.46. The molecule has 0 aliphatic carbocycles. The minimum Gasteiger partial charge on any atom is -0.322 e. The maximum atomic E-state index is 13.0. The molecule has 9 nitrogen and oxygen atoms in total. The number of carbonyl (C=O) groups excluding carboxylic acids is 1. The van der Waals surface area contributed by atoms with Crippen molar-refractivity contribution in [1.82, 2.24) is 29.3 Å². The molecule has 4 rings (SSSR count). The maximum Gasteiger partial charge on any atom is 0.328 e. The van der Waals surface area contributed by atoms with Crippen LogP contribution in [0, 0.1) is 13.8 Å². The Morgan fingerprint density at radius 3 is 2.59 bits per heavy atom. The van der Waals surface area contributed by atoms with Gasteiger partial charge in [-0.05, 0) is 48.0 Å². The molecule has 3 heterocycles. The predicted octanol–water partition coefficient (Wildman–Crippen LogP) is 1.78. The number of nitrogens with zero attached hydrogens (tertiary/aromatic N) is 6. The number of carbonyl (C=O) groups is 1. The standard InChI is InChI=1S/C17H17N7O2S/c1-9-10(2)27-16(24-8-18-20-21-24)14(9)15(25)19-11-5-6-12-13(7-11)23(4)17(26)22(12)3/h5-8H,1-4H3,(H,19,25). The van der Waals surface area contributed by atoms with Gasteiger partial charge in [-0.3, -0.25) is 13.9 Å². The molecule has 0 saturated carbocycles. The van der Waals surface area contributed by atoms with Gasteiger partial charge in [0.1, 0.15) is 11.3 Å². The van der Waals surface area contributed by atoms with Gasteiger partial charge in [0, 0.05) is 24.7 Å². The summed E-state index contributed by atoms with van der Waals surface area (Å²) < 4.78 is 4.62. The van der Waals surface area contributed by atoms with Gasteiger partial charge in [-0.25, -0.2) is 4.79 Å². The van der Waals surface area contributed by atoms with E-state index in [1.54, 1.807) is 35.4 Å². The molecule has 27 heavy (non-hydrogen) atoms. The number of hydrogen-bond donors (Lipinski definition) is 1. The first-order valence-electron chi connectivity index (χ1n) is 8.18. The Balaban J connectivity index is 1.74. The highest BCUT2D eigenvalue weighted by Crippen LogP contribution is 2.31. The summed E-state index contributed by atoms with van der Waals surface area (Å²) in [5.74, 6) is -0.248. The highest BCUT2D eigenvalue weighted by atomic mass is 32.1. The number of hydrogen-bond acceptors (Lipinski definition) is 6. The minimum absolute atomic E-state index is 0.112. The van der Waals surface area contributed by atoms with E-state index in [-0.39, 0.29) is 11.6 Å². The van der Waals surface area contributed by atoms with Crippen LogP contribution in [0.2, 0.25) is 0 Å². The first kappa shape index (κ1) is 17.2. The molecule has 4 aromatic rings. The second-order valence-corrected chi connectivity index (χ2v) is 7.48. The lowest BCUT2D eigenvalue weighted by atomic mass is 10.1. The lowest BCUT2D eigenvalue weighted by molar-refractivity contribution is 0.102. The summed E-state index contributed by atoms with van der Waals surface area (Å²) in [5, 5.41) is 14.8. The normalized spacial score (nSPS) is 11.3. The molecule has 0 aliphatic heterocycles. The first-order chi connectivity index (χ1) is 12.9. The van der Waals surface area contributed by atoms with Gasteiger partial charge in [-0.2, -0.15) is 4.68 Å². The van der Waals surface area contributed by atoms with Crippen molar-refractivity contribution in [2.45, 2.75) is 13.8 Å². The van der Waals surface area contributed by atoms with E-state index in [1.807, 2.05) is 19.9 Å². The number of nitrogens with one attached hydrogen (secondary N) is 1. The average molecular weight is 383 g/mol. The number of aromatic nitrogens is 6. The van der Waals surface area contributed by atoms with E-state index in [0.29, 0.717) is 16.3 Å². The molecule has 3 aromatic heterocycles. The smallest absolute Gasteiger partial charge is 0.322 e. The van der Waals surface area contributed by atoms with Crippen LogP contribution in [0.15, 0.2) is 29.3 Å². The largest absolute Gasteiger partial charge is 0.328 e. The van der Waals surface area contributed by atoms with E-state index in [9.17, 15) is 9.59 Å². The zero-order valence-electron chi connectivity index (χ0n) is 15.2. The Hall–Kier alpha value is -3.27. The Morgan fingerprint density at radius 2 is 1.89 bits per heavy atom. The third kappa shape index (κ3) is 2.65. The number of thiophene rings is 1. The fourth-order valence-corrected chi connectivity index (χ4v) is 4.14. The summed E-state index contributed by atoms with van der Waals surface area (Å²) in [6.07, 6.45) is 1.47. The molecular formula is C17H17N7O2S. The van der Waals surface area contributed by atoms with Gasteiger partial charge in [0.05, 0.1) is 16.6 Å². The fraction of sp³-hybridized carbons (Fsp3) is 0.235. The number of tetrazole rings is 1. The summed E-state index contributed by atoms with van der Waals surface area (Å²) in [6.45, 7) is 3.86. The number of amides is 1. The van der Waals surface area contributed by atoms with Crippen molar-refractivity contribution in [3.8, 4) is 5.00 Å². The topological polar surface area (TPSA) is 99.6 Å². The third-order valence-electron chi connectivity index (χ3n) is 4.68. The van der Waals surface area contributed by atoms with Crippen molar-refractivity contribution >= 4 is 34.0 Å². The van der Waals surface area contributed by atoms with Crippen LogP contribution in [-0.2, 0) is 14.1 Å². The SMILES string of the molecule is Cc1sc(-n2cnnn2)c(C(=O)Nc2ccc3c(c2)n(C)c(=O)n3C)c1C. The van der Waals surface area contributed by atoms with Crippen LogP contribution >= 0.6 is 11.3 Å². The molecular weight excluding hydrogens is 366 g/mol. The Labute approximate surface area is 157 Å². The molecule has 0 unspecified atom stereocenters. The van der Waals surface area contributed by atoms with Crippen molar-refractivity contribution in [2.24, 2.45) is 14.1 Å². The van der Waals surface area contributed by atoms with Gasteiger partial charge in [0.2, 0.25) is 0 Å². The van der Waals surface area contributed by atoms with Crippen LogP contribution in [0.4, 0.5) is 5.69 Å². The molecule has 0 saturated heterocycles. The van der Waals surface area contributed by atoms with Gasteiger partial charge in [0.15, 0.2) is 0 Å². The van der Waals surface area contributed by atoms with E-state index in [2.05, 4.69) is 20.8 Å². The molecule has 0 fully saturated rings. The molecule has 0 bridgehead atoms. The number of aryl methyl sites for hydroxylation is 3. The van der Waals surface area contributed by atoms with Crippen molar-refractivity contribution in [3.05, 3.63) is 51.0 Å².